The summed E-state index contributed by atoms with van der Waals surface area (Å²) in [6.45, 7) is 1.12. The molecule has 1 aromatic rings. The van der Waals surface area contributed by atoms with Crippen molar-refractivity contribution in [3.8, 4) is 0 Å². The number of alkyl halides is 3. The summed E-state index contributed by atoms with van der Waals surface area (Å²) in [7, 11) is 0. The van der Waals surface area contributed by atoms with Crippen LogP contribution in [0.3, 0.4) is 0 Å². The Morgan fingerprint density at radius 2 is 1.88 bits per heavy atom. The summed E-state index contributed by atoms with van der Waals surface area (Å²) in [6, 6.07) is 4.66. The second-order valence-electron chi connectivity index (χ2n) is 6.44. The molecule has 7 heteroatoms. The monoisotopic (exact) mass is 342 g/mol. The maximum atomic E-state index is 13.0. The minimum atomic E-state index is -4.40. The summed E-state index contributed by atoms with van der Waals surface area (Å²) in [5, 5.41) is 5.71. The standard InChI is InChI=1S/C17H21F3N2O2/c18-17(19,20)13-3-1-2-12(10-13)15(11-6-8-24-9-7-11)22-16(23)21-14-4-5-14/h1-3,10-11,14-15H,4-9H2,(H2,21,22,23)/t15-/m0/s1. The minimum absolute atomic E-state index is 0.0622. The quantitative estimate of drug-likeness (QED) is 0.878. The topological polar surface area (TPSA) is 50.4 Å². The molecule has 3 rings (SSSR count). The molecule has 0 spiro atoms. The number of hydrogen-bond donors (Lipinski definition) is 2. The molecular formula is C17H21F3N2O2. The molecule has 0 radical (unpaired) electrons. The Labute approximate surface area is 138 Å². The fourth-order valence-corrected chi connectivity index (χ4v) is 3.03. The van der Waals surface area contributed by atoms with Crippen molar-refractivity contribution in [2.45, 2.75) is 43.9 Å². The predicted molar refractivity (Wildman–Crippen MR) is 82.4 cm³/mol. The van der Waals surface area contributed by atoms with Gasteiger partial charge in [-0.05, 0) is 49.3 Å². The number of rotatable bonds is 4. The lowest BCUT2D eigenvalue weighted by Gasteiger charge is -2.31. The van der Waals surface area contributed by atoms with Gasteiger partial charge >= 0.3 is 12.2 Å². The van der Waals surface area contributed by atoms with Gasteiger partial charge in [-0.2, -0.15) is 13.2 Å². The lowest BCUT2D eigenvalue weighted by atomic mass is 9.86. The number of hydrogen-bond acceptors (Lipinski definition) is 2. The maximum absolute atomic E-state index is 13.0. The van der Waals surface area contributed by atoms with Crippen LogP contribution < -0.4 is 10.6 Å². The van der Waals surface area contributed by atoms with E-state index in [0.29, 0.717) is 31.6 Å². The van der Waals surface area contributed by atoms with E-state index >= 15 is 0 Å². The summed E-state index contributed by atoms with van der Waals surface area (Å²) in [5.74, 6) is 0.0622. The van der Waals surface area contributed by atoms with Crippen LogP contribution in [0.2, 0.25) is 0 Å². The summed E-state index contributed by atoms with van der Waals surface area (Å²) in [6.07, 6.45) is -1.06. The molecule has 1 aliphatic heterocycles. The van der Waals surface area contributed by atoms with E-state index in [-0.39, 0.29) is 18.0 Å². The van der Waals surface area contributed by atoms with Gasteiger partial charge in [0.2, 0.25) is 0 Å². The molecule has 2 amide bonds. The number of carbonyl (C=O) groups is 1. The average Bonchev–Trinajstić information content (AvgIpc) is 3.37. The van der Waals surface area contributed by atoms with Crippen molar-refractivity contribution in [3.05, 3.63) is 35.4 Å². The van der Waals surface area contributed by atoms with E-state index in [0.717, 1.165) is 25.0 Å². The van der Waals surface area contributed by atoms with Crippen LogP contribution in [0.5, 0.6) is 0 Å². The predicted octanol–water partition coefficient (Wildman–Crippen LogP) is 3.63. The van der Waals surface area contributed by atoms with Gasteiger partial charge in [0.05, 0.1) is 11.6 Å². The van der Waals surface area contributed by atoms with Gasteiger partial charge in [0.1, 0.15) is 0 Å². The third-order valence-corrected chi connectivity index (χ3v) is 4.51. The summed E-state index contributed by atoms with van der Waals surface area (Å²) < 4.78 is 44.3. The van der Waals surface area contributed by atoms with E-state index in [4.69, 9.17) is 4.74 Å². The van der Waals surface area contributed by atoms with Gasteiger partial charge in [-0.25, -0.2) is 4.79 Å². The maximum Gasteiger partial charge on any atom is 0.416 e. The molecule has 1 aliphatic carbocycles. The lowest BCUT2D eigenvalue weighted by Crippen LogP contribution is -2.42. The second kappa shape index (κ2) is 7.01. The first-order valence-corrected chi connectivity index (χ1v) is 8.25. The molecule has 2 fully saturated rings. The Balaban J connectivity index is 1.81. The van der Waals surface area contributed by atoms with Crippen LogP contribution in [-0.2, 0) is 10.9 Å². The first-order chi connectivity index (χ1) is 11.4. The zero-order valence-corrected chi connectivity index (χ0v) is 13.2. The zero-order chi connectivity index (χ0) is 17.2. The summed E-state index contributed by atoms with van der Waals surface area (Å²) in [4.78, 5) is 12.1. The van der Waals surface area contributed by atoms with Gasteiger partial charge < -0.3 is 15.4 Å². The molecule has 1 aromatic carbocycles. The van der Waals surface area contributed by atoms with Crippen LogP contribution in [0, 0.1) is 5.92 Å². The molecule has 0 unspecified atom stereocenters. The van der Waals surface area contributed by atoms with Gasteiger partial charge in [-0.15, -0.1) is 0 Å². The Kier molecular flexibility index (Phi) is 4.99. The van der Waals surface area contributed by atoms with E-state index in [1.54, 1.807) is 6.07 Å². The van der Waals surface area contributed by atoms with Crippen molar-refractivity contribution >= 4 is 6.03 Å². The molecule has 24 heavy (non-hydrogen) atoms. The Bertz CT molecular complexity index is 581. The molecule has 132 valence electrons. The lowest BCUT2D eigenvalue weighted by molar-refractivity contribution is -0.137. The Hall–Kier alpha value is -1.76. The van der Waals surface area contributed by atoms with Crippen LogP contribution in [0.15, 0.2) is 24.3 Å². The third kappa shape index (κ3) is 4.41. The normalized spacial score (nSPS) is 20.5. The van der Waals surface area contributed by atoms with E-state index in [2.05, 4.69) is 10.6 Å². The van der Waals surface area contributed by atoms with Crippen molar-refractivity contribution in [2.75, 3.05) is 13.2 Å². The highest BCUT2D eigenvalue weighted by molar-refractivity contribution is 5.75. The van der Waals surface area contributed by atoms with E-state index in [1.165, 1.54) is 6.07 Å². The molecule has 4 nitrogen and oxygen atoms in total. The fourth-order valence-electron chi connectivity index (χ4n) is 3.03. The van der Waals surface area contributed by atoms with Crippen molar-refractivity contribution in [1.29, 1.82) is 0 Å². The van der Waals surface area contributed by atoms with Crippen LogP contribution in [0.1, 0.15) is 42.9 Å². The van der Waals surface area contributed by atoms with Gasteiger partial charge in [-0.1, -0.05) is 12.1 Å². The Morgan fingerprint density at radius 1 is 1.17 bits per heavy atom. The first kappa shape index (κ1) is 17.1. The Morgan fingerprint density at radius 3 is 2.50 bits per heavy atom. The third-order valence-electron chi connectivity index (χ3n) is 4.51. The van der Waals surface area contributed by atoms with Crippen molar-refractivity contribution in [1.82, 2.24) is 10.6 Å². The van der Waals surface area contributed by atoms with Crippen LogP contribution >= 0.6 is 0 Å². The zero-order valence-electron chi connectivity index (χ0n) is 13.2. The largest absolute Gasteiger partial charge is 0.416 e. The van der Waals surface area contributed by atoms with Crippen molar-refractivity contribution < 1.29 is 22.7 Å². The molecular weight excluding hydrogens is 321 g/mol. The number of benzene rings is 1. The fraction of sp³-hybridized carbons (Fsp3) is 0.588. The smallest absolute Gasteiger partial charge is 0.381 e. The molecule has 0 bridgehead atoms. The molecule has 1 saturated carbocycles. The molecule has 1 saturated heterocycles. The van der Waals surface area contributed by atoms with Crippen LogP contribution in [0.4, 0.5) is 18.0 Å². The molecule has 2 aliphatic rings. The number of amides is 2. The minimum Gasteiger partial charge on any atom is -0.381 e. The highest BCUT2D eigenvalue weighted by Gasteiger charge is 2.33. The second-order valence-corrected chi connectivity index (χ2v) is 6.44. The van der Waals surface area contributed by atoms with E-state index < -0.39 is 17.8 Å². The number of halogens is 3. The van der Waals surface area contributed by atoms with E-state index in [1.807, 2.05) is 0 Å². The molecule has 1 atom stereocenters. The molecule has 2 N–H and O–H groups in total. The summed E-state index contributed by atoms with van der Waals surface area (Å²) >= 11 is 0. The highest BCUT2D eigenvalue weighted by Crippen LogP contribution is 2.34. The highest BCUT2D eigenvalue weighted by atomic mass is 19.4. The van der Waals surface area contributed by atoms with Crippen LogP contribution in [-0.4, -0.2) is 25.3 Å². The number of carbonyl (C=O) groups excluding carboxylic acids is 1. The molecule has 1 heterocycles. The van der Waals surface area contributed by atoms with Crippen LogP contribution in [0.25, 0.3) is 0 Å². The van der Waals surface area contributed by atoms with Gasteiger partial charge in [0.15, 0.2) is 0 Å². The average molecular weight is 342 g/mol. The van der Waals surface area contributed by atoms with E-state index in [9.17, 15) is 18.0 Å². The number of ether oxygens (including phenoxy) is 1. The summed E-state index contributed by atoms with van der Waals surface area (Å²) in [5.41, 5.74) is -0.205. The van der Waals surface area contributed by atoms with Gasteiger partial charge in [0.25, 0.3) is 0 Å². The number of urea groups is 1. The van der Waals surface area contributed by atoms with Crippen molar-refractivity contribution in [3.63, 3.8) is 0 Å². The van der Waals surface area contributed by atoms with Crippen molar-refractivity contribution in [2.24, 2.45) is 5.92 Å². The van der Waals surface area contributed by atoms with Gasteiger partial charge in [0, 0.05) is 19.3 Å². The number of nitrogens with one attached hydrogen (secondary N) is 2. The first-order valence-electron chi connectivity index (χ1n) is 8.25. The SMILES string of the molecule is O=C(NC1CC1)N[C@H](c1cccc(C(F)(F)F)c1)C1CCOCC1. The molecule has 0 aromatic heterocycles. The van der Waals surface area contributed by atoms with Gasteiger partial charge in [-0.3, -0.25) is 0 Å².